The highest BCUT2D eigenvalue weighted by Crippen LogP contribution is 2.37. The molecule has 0 saturated heterocycles. The number of nitrogens with zero attached hydrogens (tertiary/aromatic N) is 2. The van der Waals surface area contributed by atoms with Gasteiger partial charge in [0.15, 0.2) is 8.32 Å². The van der Waals surface area contributed by atoms with Gasteiger partial charge in [-0.15, -0.1) is 0 Å². The molecule has 2 heterocycles. The first kappa shape index (κ1) is 28.8. The summed E-state index contributed by atoms with van der Waals surface area (Å²) in [6.45, 7) is 17.1. The molecule has 0 amide bonds. The molecule has 6 nitrogen and oxygen atoms in total. The molecule has 8 heteroatoms. The maximum absolute atomic E-state index is 14.1. The Labute approximate surface area is 233 Å². The first-order valence-electron chi connectivity index (χ1n) is 13.1. The molecular formula is C31H38N2O4SSi. The molecule has 4 rings (SSSR count). The lowest BCUT2D eigenvalue weighted by Gasteiger charge is -2.36. The molecule has 2 aromatic carbocycles. The van der Waals surface area contributed by atoms with Gasteiger partial charge in [0.25, 0.3) is 10.0 Å². The van der Waals surface area contributed by atoms with Gasteiger partial charge in [-0.05, 0) is 74.8 Å². The van der Waals surface area contributed by atoms with Crippen LogP contribution in [0, 0.1) is 20.8 Å². The molecule has 39 heavy (non-hydrogen) atoms. The van der Waals surface area contributed by atoms with E-state index in [0.29, 0.717) is 17.9 Å². The van der Waals surface area contributed by atoms with Crippen LogP contribution in [0.2, 0.25) is 18.1 Å². The van der Waals surface area contributed by atoms with E-state index in [0.717, 1.165) is 26.4 Å². The number of carbonyl (C=O) groups excluding carboxylic acids is 1. The Hall–Kier alpha value is -3.20. The molecule has 0 saturated carbocycles. The van der Waals surface area contributed by atoms with Crippen molar-refractivity contribution >= 4 is 24.1 Å². The predicted molar refractivity (Wildman–Crippen MR) is 159 cm³/mol. The summed E-state index contributed by atoms with van der Waals surface area (Å²) in [7, 11) is -6.08. The third-order valence-corrected chi connectivity index (χ3v) is 13.9. The van der Waals surface area contributed by atoms with E-state index < -0.39 is 18.3 Å². The van der Waals surface area contributed by atoms with Crippen LogP contribution in [0.5, 0.6) is 0 Å². The van der Waals surface area contributed by atoms with Crippen LogP contribution in [-0.4, -0.2) is 31.1 Å². The second-order valence-electron chi connectivity index (χ2n) is 11.7. The summed E-state index contributed by atoms with van der Waals surface area (Å²) in [4.78, 5) is 14.3. The third kappa shape index (κ3) is 5.59. The first-order chi connectivity index (χ1) is 18.1. The number of rotatable bonds is 8. The molecule has 0 radical (unpaired) electrons. The number of aryl methyl sites for hydroxylation is 3. The highest BCUT2D eigenvalue weighted by molar-refractivity contribution is 7.90. The monoisotopic (exact) mass is 562 g/mol. The zero-order valence-corrected chi connectivity index (χ0v) is 25.9. The van der Waals surface area contributed by atoms with Gasteiger partial charge in [-0.2, -0.15) is 0 Å². The van der Waals surface area contributed by atoms with Crippen LogP contribution in [0.3, 0.4) is 0 Å². The standard InChI is InChI=1S/C31H38N2O4SSi/c1-22-11-14-26(15-12-22)38(35,36)33-19-17-28(29(33)30(34)27-16-13-23(2)20-24(27)3)32-18-9-10-25(32)21-37-39(7,8)31(4,5)6/h9-20H,21H2,1-8H3. The van der Waals surface area contributed by atoms with Crippen LogP contribution in [0.15, 0.2) is 78.0 Å². The van der Waals surface area contributed by atoms with E-state index in [9.17, 15) is 13.2 Å². The number of aromatic nitrogens is 2. The second-order valence-corrected chi connectivity index (χ2v) is 18.4. The summed E-state index contributed by atoms with van der Waals surface area (Å²) in [5.41, 5.74) is 4.67. The average molecular weight is 563 g/mol. The second kappa shape index (κ2) is 10.4. The number of carbonyl (C=O) groups is 1. The Kier molecular flexibility index (Phi) is 7.68. The van der Waals surface area contributed by atoms with Gasteiger partial charge >= 0.3 is 0 Å². The Morgan fingerprint density at radius 3 is 2.15 bits per heavy atom. The molecule has 0 bridgehead atoms. The highest BCUT2D eigenvalue weighted by Gasteiger charge is 2.37. The van der Waals surface area contributed by atoms with Crippen molar-refractivity contribution in [2.45, 2.75) is 71.2 Å². The molecule has 0 N–H and O–H groups in total. The fourth-order valence-electron chi connectivity index (χ4n) is 4.28. The zero-order chi connectivity index (χ0) is 28.8. The van der Waals surface area contributed by atoms with Crippen molar-refractivity contribution in [2.24, 2.45) is 0 Å². The predicted octanol–water partition coefficient (Wildman–Crippen LogP) is 7.19. The van der Waals surface area contributed by atoms with E-state index in [4.69, 9.17) is 4.43 Å². The van der Waals surface area contributed by atoms with Crippen molar-refractivity contribution in [2.75, 3.05) is 0 Å². The van der Waals surface area contributed by atoms with Gasteiger partial charge in [-0.3, -0.25) is 4.79 Å². The summed E-state index contributed by atoms with van der Waals surface area (Å²) in [6.07, 6.45) is 3.32. The van der Waals surface area contributed by atoms with E-state index in [1.807, 2.05) is 55.8 Å². The molecule has 0 spiro atoms. The minimum absolute atomic E-state index is 0.0416. The van der Waals surface area contributed by atoms with Crippen LogP contribution >= 0.6 is 0 Å². The molecule has 4 aromatic rings. The van der Waals surface area contributed by atoms with E-state index in [2.05, 4.69) is 33.9 Å². The summed E-state index contributed by atoms with van der Waals surface area (Å²) in [5, 5.41) is 0.0416. The van der Waals surface area contributed by atoms with Gasteiger partial charge in [0, 0.05) is 23.7 Å². The van der Waals surface area contributed by atoms with Crippen LogP contribution < -0.4 is 0 Å². The molecule has 0 atom stereocenters. The zero-order valence-electron chi connectivity index (χ0n) is 24.1. The van der Waals surface area contributed by atoms with Gasteiger partial charge < -0.3 is 8.99 Å². The number of hydrogen-bond acceptors (Lipinski definition) is 4. The van der Waals surface area contributed by atoms with Gasteiger partial charge in [-0.25, -0.2) is 12.4 Å². The molecule has 0 unspecified atom stereocenters. The summed E-state index contributed by atoms with van der Waals surface area (Å²) < 4.78 is 37.2. The lowest BCUT2D eigenvalue weighted by atomic mass is 10.00. The van der Waals surface area contributed by atoms with E-state index in [1.54, 1.807) is 36.4 Å². The van der Waals surface area contributed by atoms with Crippen LogP contribution in [0.1, 0.15) is 59.2 Å². The molecule has 0 aliphatic carbocycles. The quantitative estimate of drug-likeness (QED) is 0.168. The van der Waals surface area contributed by atoms with Gasteiger partial charge in [0.05, 0.1) is 17.2 Å². The lowest BCUT2D eigenvalue weighted by molar-refractivity contribution is 0.103. The van der Waals surface area contributed by atoms with E-state index >= 15 is 0 Å². The third-order valence-electron chi connectivity index (χ3n) is 7.73. The van der Waals surface area contributed by atoms with Crippen molar-refractivity contribution in [1.82, 2.24) is 8.54 Å². The number of hydrogen-bond donors (Lipinski definition) is 0. The maximum Gasteiger partial charge on any atom is 0.268 e. The Morgan fingerprint density at radius 2 is 1.54 bits per heavy atom. The van der Waals surface area contributed by atoms with Crippen molar-refractivity contribution < 1.29 is 17.6 Å². The molecule has 0 aliphatic rings. The SMILES string of the molecule is Cc1ccc(S(=O)(=O)n2ccc(-n3cccc3CO[Si](C)(C)C(C)(C)C)c2C(=O)c2ccc(C)cc2C)cc1. The normalized spacial score (nSPS) is 12.6. The van der Waals surface area contributed by atoms with Gasteiger partial charge in [-0.1, -0.05) is 62.2 Å². The minimum Gasteiger partial charge on any atom is -0.411 e. The topological polar surface area (TPSA) is 70.3 Å². The number of ketones is 1. The van der Waals surface area contributed by atoms with Crippen LogP contribution in [-0.2, 0) is 21.1 Å². The fraction of sp³-hybridized carbons (Fsp3) is 0.323. The van der Waals surface area contributed by atoms with E-state index in [-0.39, 0.29) is 21.4 Å². The largest absolute Gasteiger partial charge is 0.411 e. The van der Waals surface area contributed by atoms with E-state index in [1.165, 1.54) is 6.20 Å². The van der Waals surface area contributed by atoms with Crippen molar-refractivity contribution in [3.05, 3.63) is 107 Å². The van der Waals surface area contributed by atoms with Crippen LogP contribution in [0.25, 0.3) is 5.69 Å². The molecular weight excluding hydrogens is 525 g/mol. The minimum atomic E-state index is -4.04. The summed E-state index contributed by atoms with van der Waals surface area (Å²) >= 11 is 0. The summed E-state index contributed by atoms with van der Waals surface area (Å²) in [5.74, 6) is -0.354. The van der Waals surface area contributed by atoms with Crippen molar-refractivity contribution in [3.63, 3.8) is 0 Å². The van der Waals surface area contributed by atoms with Gasteiger partial charge in [0.2, 0.25) is 5.78 Å². The fourth-order valence-corrected chi connectivity index (χ4v) is 6.56. The average Bonchev–Trinajstić information content (AvgIpc) is 3.49. The Balaban J connectivity index is 1.88. The number of benzene rings is 2. The Bertz CT molecular complexity index is 1620. The summed E-state index contributed by atoms with van der Waals surface area (Å²) in [6, 6.07) is 17.8. The van der Waals surface area contributed by atoms with Crippen LogP contribution in [0.4, 0.5) is 0 Å². The van der Waals surface area contributed by atoms with Crippen molar-refractivity contribution in [1.29, 1.82) is 0 Å². The Morgan fingerprint density at radius 1 is 0.897 bits per heavy atom. The highest BCUT2D eigenvalue weighted by atomic mass is 32.2. The molecule has 0 aliphatic heterocycles. The van der Waals surface area contributed by atoms with Gasteiger partial charge in [0.1, 0.15) is 5.69 Å². The molecule has 0 fully saturated rings. The lowest BCUT2D eigenvalue weighted by Crippen LogP contribution is -2.40. The van der Waals surface area contributed by atoms with Crippen molar-refractivity contribution in [3.8, 4) is 5.69 Å². The maximum atomic E-state index is 14.1. The molecule has 206 valence electrons. The molecule has 2 aromatic heterocycles. The first-order valence-corrected chi connectivity index (χ1v) is 17.4. The smallest absolute Gasteiger partial charge is 0.268 e.